The van der Waals surface area contributed by atoms with Crippen molar-refractivity contribution >= 4 is 0 Å². The molecule has 194 valence electrons. The topological polar surface area (TPSA) is 0 Å². The Kier molecular flexibility index (Phi) is 7.75. The molecular weight excluding hydrogens is 444 g/mol. The Balaban J connectivity index is 1.55. The van der Waals surface area contributed by atoms with Crippen LogP contribution in [0.1, 0.15) is 106 Å². The molecule has 0 nitrogen and oxygen atoms in total. The van der Waals surface area contributed by atoms with Crippen LogP contribution >= 0.6 is 0 Å². The lowest BCUT2D eigenvalue weighted by atomic mass is 9.61. The molecule has 6 atom stereocenters. The van der Waals surface area contributed by atoms with Gasteiger partial charge in [-0.25, -0.2) is 0 Å². The summed E-state index contributed by atoms with van der Waals surface area (Å²) in [5.74, 6) is 3.03. The first kappa shape index (κ1) is 26.0. The standard InChI is InChI=1S/C37H46/c1-7-14-24(4)35-25(5)20-31-23-29(22-30-21-28(15-8-2)32-17-12-13-18-33(30)32)26(6)36(31)37(35)34-19-11-10-16-27(34)9-3/h10-13,16-20,22,25,28,30,35-37H,4,6-9,14-15,21,23H2,1-3,5H3. The van der Waals surface area contributed by atoms with Crippen LogP contribution in [0, 0.1) is 17.8 Å². The first-order valence-corrected chi connectivity index (χ1v) is 14.9. The average Bonchev–Trinajstić information content (AvgIpc) is 3.40. The molecule has 1 fully saturated rings. The van der Waals surface area contributed by atoms with E-state index < -0.39 is 0 Å². The lowest BCUT2D eigenvalue weighted by Gasteiger charge is -2.42. The summed E-state index contributed by atoms with van der Waals surface area (Å²) in [6, 6.07) is 18.4. The molecule has 0 saturated heterocycles. The minimum atomic E-state index is 0.400. The number of allylic oxidation sites excluding steroid dienone is 6. The van der Waals surface area contributed by atoms with Gasteiger partial charge in [-0.05, 0) is 83.3 Å². The van der Waals surface area contributed by atoms with Crippen LogP contribution in [-0.2, 0) is 6.42 Å². The van der Waals surface area contributed by atoms with E-state index in [0.717, 1.165) is 25.7 Å². The van der Waals surface area contributed by atoms with Gasteiger partial charge in [0.25, 0.3) is 0 Å². The Morgan fingerprint density at radius 2 is 1.65 bits per heavy atom. The van der Waals surface area contributed by atoms with E-state index in [1.807, 2.05) is 0 Å². The summed E-state index contributed by atoms with van der Waals surface area (Å²) in [4.78, 5) is 0. The fourth-order valence-corrected chi connectivity index (χ4v) is 8.09. The van der Waals surface area contributed by atoms with Gasteiger partial charge in [-0.3, -0.25) is 0 Å². The van der Waals surface area contributed by atoms with Crippen molar-refractivity contribution in [3.63, 3.8) is 0 Å². The van der Waals surface area contributed by atoms with Crippen LogP contribution in [0.5, 0.6) is 0 Å². The van der Waals surface area contributed by atoms with Crippen LogP contribution in [0.2, 0.25) is 0 Å². The molecule has 3 aliphatic carbocycles. The van der Waals surface area contributed by atoms with Gasteiger partial charge >= 0.3 is 0 Å². The highest BCUT2D eigenvalue weighted by molar-refractivity contribution is 5.54. The molecular formula is C37H46. The second-order valence-electron chi connectivity index (χ2n) is 11.9. The third-order valence-corrected chi connectivity index (χ3v) is 9.62. The molecule has 0 N–H and O–H groups in total. The third-order valence-electron chi connectivity index (χ3n) is 9.62. The van der Waals surface area contributed by atoms with Gasteiger partial charge in [-0.2, -0.15) is 0 Å². The van der Waals surface area contributed by atoms with Gasteiger partial charge in [0.05, 0.1) is 0 Å². The van der Waals surface area contributed by atoms with E-state index in [4.69, 9.17) is 6.58 Å². The molecule has 1 saturated carbocycles. The van der Waals surface area contributed by atoms with Crippen LogP contribution < -0.4 is 0 Å². The Morgan fingerprint density at radius 1 is 0.946 bits per heavy atom. The van der Waals surface area contributed by atoms with Crippen molar-refractivity contribution in [1.29, 1.82) is 0 Å². The third kappa shape index (κ3) is 4.73. The molecule has 0 amide bonds. The predicted molar refractivity (Wildman–Crippen MR) is 160 cm³/mol. The first-order valence-electron chi connectivity index (χ1n) is 14.9. The summed E-state index contributed by atoms with van der Waals surface area (Å²) < 4.78 is 0. The lowest BCUT2D eigenvalue weighted by molar-refractivity contribution is 0.321. The fraction of sp³-hybridized carbons (Fsp3) is 0.459. The smallest absolute Gasteiger partial charge is 0.0123 e. The molecule has 2 aromatic carbocycles. The maximum atomic E-state index is 4.83. The van der Waals surface area contributed by atoms with Crippen molar-refractivity contribution in [2.24, 2.45) is 17.8 Å². The summed E-state index contributed by atoms with van der Waals surface area (Å²) in [6.45, 7) is 18.8. The molecule has 3 aliphatic rings. The summed E-state index contributed by atoms with van der Waals surface area (Å²) in [7, 11) is 0. The van der Waals surface area contributed by atoms with Crippen molar-refractivity contribution in [3.05, 3.63) is 118 Å². The highest BCUT2D eigenvalue weighted by atomic mass is 14.5. The van der Waals surface area contributed by atoms with E-state index in [2.05, 4.69) is 95.0 Å². The van der Waals surface area contributed by atoms with E-state index in [9.17, 15) is 0 Å². The summed E-state index contributed by atoms with van der Waals surface area (Å²) in [6.07, 6.45) is 13.5. The van der Waals surface area contributed by atoms with Crippen molar-refractivity contribution in [1.82, 2.24) is 0 Å². The molecule has 0 bridgehead atoms. The van der Waals surface area contributed by atoms with Crippen LogP contribution in [-0.4, -0.2) is 0 Å². The molecule has 0 heterocycles. The second-order valence-corrected chi connectivity index (χ2v) is 11.9. The van der Waals surface area contributed by atoms with E-state index in [1.165, 1.54) is 47.1 Å². The monoisotopic (exact) mass is 490 g/mol. The molecule has 2 aromatic rings. The minimum absolute atomic E-state index is 0.400. The Bertz CT molecular complexity index is 1220. The van der Waals surface area contributed by atoms with Crippen molar-refractivity contribution in [2.45, 2.75) is 90.4 Å². The number of benzene rings is 2. The van der Waals surface area contributed by atoms with Crippen LogP contribution in [0.4, 0.5) is 0 Å². The molecule has 6 unspecified atom stereocenters. The molecule has 0 spiro atoms. The highest BCUT2D eigenvalue weighted by Crippen LogP contribution is 2.58. The zero-order chi connectivity index (χ0) is 26.1. The molecule has 0 aromatic heterocycles. The molecule has 0 heteroatoms. The van der Waals surface area contributed by atoms with E-state index >= 15 is 0 Å². The zero-order valence-electron chi connectivity index (χ0n) is 23.6. The average molecular weight is 491 g/mol. The number of hydrogen-bond acceptors (Lipinski definition) is 0. The Morgan fingerprint density at radius 3 is 2.35 bits per heavy atom. The van der Waals surface area contributed by atoms with E-state index in [0.29, 0.717) is 35.5 Å². The van der Waals surface area contributed by atoms with Gasteiger partial charge in [-0.15, -0.1) is 0 Å². The van der Waals surface area contributed by atoms with Crippen molar-refractivity contribution < 1.29 is 0 Å². The second kappa shape index (κ2) is 11.0. The lowest BCUT2D eigenvalue weighted by Crippen LogP contribution is -2.32. The molecule has 0 aliphatic heterocycles. The Hall–Kier alpha value is -2.60. The van der Waals surface area contributed by atoms with E-state index in [-0.39, 0.29) is 0 Å². The highest BCUT2D eigenvalue weighted by Gasteiger charge is 2.46. The van der Waals surface area contributed by atoms with Crippen molar-refractivity contribution in [3.8, 4) is 0 Å². The number of hydrogen-bond donors (Lipinski definition) is 0. The minimum Gasteiger partial charge on any atom is -0.0995 e. The molecule has 0 radical (unpaired) electrons. The number of rotatable bonds is 8. The SMILES string of the molecule is C=C1C(=CC2CC(CCC)c3ccccc32)CC2=CC(C)C(C(=C)CCC)C(c3ccccc3CC)C12. The fourth-order valence-electron chi connectivity index (χ4n) is 8.09. The summed E-state index contributed by atoms with van der Waals surface area (Å²) >= 11 is 0. The van der Waals surface area contributed by atoms with Gasteiger partial charge in [0, 0.05) is 17.8 Å². The van der Waals surface area contributed by atoms with Gasteiger partial charge in [-0.1, -0.05) is 126 Å². The van der Waals surface area contributed by atoms with Crippen LogP contribution in [0.25, 0.3) is 0 Å². The number of fused-ring (bicyclic) bond motifs is 2. The Labute approximate surface area is 226 Å². The predicted octanol–water partition coefficient (Wildman–Crippen LogP) is 10.5. The maximum Gasteiger partial charge on any atom is 0.0123 e. The first-order chi connectivity index (χ1) is 18.0. The van der Waals surface area contributed by atoms with Gasteiger partial charge in [0.2, 0.25) is 0 Å². The molecule has 5 rings (SSSR count). The van der Waals surface area contributed by atoms with Crippen molar-refractivity contribution in [2.75, 3.05) is 0 Å². The molecule has 37 heavy (non-hydrogen) atoms. The van der Waals surface area contributed by atoms with Gasteiger partial charge in [0.15, 0.2) is 0 Å². The maximum absolute atomic E-state index is 4.83. The summed E-state index contributed by atoms with van der Waals surface area (Å²) in [5, 5.41) is 0. The van der Waals surface area contributed by atoms with Gasteiger partial charge < -0.3 is 0 Å². The van der Waals surface area contributed by atoms with Gasteiger partial charge in [0.1, 0.15) is 0 Å². The number of aryl methyl sites for hydroxylation is 1. The van der Waals surface area contributed by atoms with Crippen LogP contribution in [0.15, 0.2) is 96.1 Å². The van der Waals surface area contributed by atoms with E-state index in [1.54, 1.807) is 16.7 Å². The summed E-state index contributed by atoms with van der Waals surface area (Å²) in [5.41, 5.74) is 12.1. The quantitative estimate of drug-likeness (QED) is 0.323. The van der Waals surface area contributed by atoms with Crippen LogP contribution in [0.3, 0.4) is 0 Å². The largest absolute Gasteiger partial charge is 0.0995 e. The normalized spacial score (nSPS) is 29.8. The zero-order valence-corrected chi connectivity index (χ0v) is 23.6.